The van der Waals surface area contributed by atoms with E-state index in [1.165, 1.54) is 0 Å². The Labute approximate surface area is 127 Å². The molecule has 1 aliphatic heterocycles. The SMILES string of the molecule is Cc1ccc(C2=CC(=Nc3ccccc3Cl)C(=O)O2)cc1. The summed E-state index contributed by atoms with van der Waals surface area (Å²) < 4.78 is 5.26. The van der Waals surface area contributed by atoms with Crippen LogP contribution in [0, 0.1) is 6.92 Å². The van der Waals surface area contributed by atoms with Crippen LogP contribution in [0.15, 0.2) is 59.6 Å². The number of para-hydroxylation sites is 1. The van der Waals surface area contributed by atoms with Crippen LogP contribution in [0.25, 0.3) is 5.76 Å². The Morgan fingerprint density at radius 3 is 2.48 bits per heavy atom. The molecule has 1 heterocycles. The van der Waals surface area contributed by atoms with Crippen molar-refractivity contribution >= 4 is 34.7 Å². The van der Waals surface area contributed by atoms with Gasteiger partial charge in [0.2, 0.25) is 0 Å². The number of aryl methyl sites for hydroxylation is 1. The van der Waals surface area contributed by atoms with Crippen molar-refractivity contribution in [2.24, 2.45) is 4.99 Å². The fourth-order valence-electron chi connectivity index (χ4n) is 1.97. The molecule has 0 unspecified atom stereocenters. The average molecular weight is 298 g/mol. The van der Waals surface area contributed by atoms with Gasteiger partial charge in [0.15, 0.2) is 5.71 Å². The van der Waals surface area contributed by atoms with Crippen molar-refractivity contribution in [3.63, 3.8) is 0 Å². The predicted octanol–water partition coefficient (Wildman–Crippen LogP) is 4.32. The maximum Gasteiger partial charge on any atom is 0.362 e. The fourth-order valence-corrected chi connectivity index (χ4v) is 2.15. The van der Waals surface area contributed by atoms with Gasteiger partial charge in [-0.25, -0.2) is 9.79 Å². The van der Waals surface area contributed by atoms with Crippen LogP contribution in [-0.2, 0) is 9.53 Å². The van der Waals surface area contributed by atoms with Gasteiger partial charge in [0.25, 0.3) is 0 Å². The highest BCUT2D eigenvalue weighted by Gasteiger charge is 2.23. The van der Waals surface area contributed by atoms with Gasteiger partial charge in [-0.05, 0) is 19.1 Å². The van der Waals surface area contributed by atoms with Crippen molar-refractivity contribution in [2.45, 2.75) is 6.92 Å². The third-order valence-electron chi connectivity index (χ3n) is 3.11. The van der Waals surface area contributed by atoms with E-state index in [9.17, 15) is 4.79 Å². The molecule has 0 aliphatic carbocycles. The van der Waals surface area contributed by atoms with Crippen LogP contribution in [0.5, 0.6) is 0 Å². The number of ether oxygens (including phenoxy) is 1. The average Bonchev–Trinajstić information content (AvgIpc) is 2.83. The van der Waals surface area contributed by atoms with Crippen LogP contribution < -0.4 is 0 Å². The third kappa shape index (κ3) is 2.88. The Kier molecular flexibility index (Phi) is 3.59. The minimum Gasteiger partial charge on any atom is -0.421 e. The number of aliphatic imine (C=N–C) groups is 1. The number of hydrogen-bond donors (Lipinski definition) is 0. The molecule has 21 heavy (non-hydrogen) atoms. The van der Waals surface area contributed by atoms with E-state index in [1.54, 1.807) is 18.2 Å². The van der Waals surface area contributed by atoms with Crippen LogP contribution in [-0.4, -0.2) is 11.7 Å². The van der Waals surface area contributed by atoms with Gasteiger partial charge in [-0.15, -0.1) is 0 Å². The summed E-state index contributed by atoms with van der Waals surface area (Å²) in [6.07, 6.45) is 1.64. The number of nitrogens with zero attached hydrogens (tertiary/aromatic N) is 1. The van der Waals surface area contributed by atoms with E-state index in [0.717, 1.165) is 11.1 Å². The number of carbonyl (C=O) groups is 1. The molecule has 0 aromatic heterocycles. The van der Waals surface area contributed by atoms with E-state index in [0.29, 0.717) is 16.5 Å². The molecule has 0 bridgehead atoms. The maximum atomic E-state index is 11.9. The number of benzene rings is 2. The van der Waals surface area contributed by atoms with Crippen molar-refractivity contribution in [2.75, 3.05) is 0 Å². The second kappa shape index (κ2) is 5.54. The van der Waals surface area contributed by atoms with E-state index in [4.69, 9.17) is 16.3 Å². The molecule has 0 saturated carbocycles. The molecule has 3 nitrogen and oxygen atoms in total. The van der Waals surface area contributed by atoms with E-state index < -0.39 is 5.97 Å². The van der Waals surface area contributed by atoms with Crippen LogP contribution in [0.4, 0.5) is 5.69 Å². The Bertz CT molecular complexity index is 761. The van der Waals surface area contributed by atoms with Crippen molar-refractivity contribution in [3.05, 3.63) is 70.8 Å². The first-order valence-electron chi connectivity index (χ1n) is 6.47. The summed E-state index contributed by atoms with van der Waals surface area (Å²) in [5.41, 5.74) is 2.79. The van der Waals surface area contributed by atoms with Gasteiger partial charge in [0, 0.05) is 11.6 Å². The minimum absolute atomic E-state index is 0.249. The van der Waals surface area contributed by atoms with Gasteiger partial charge in [0.05, 0.1) is 10.7 Å². The summed E-state index contributed by atoms with van der Waals surface area (Å²) in [7, 11) is 0. The summed E-state index contributed by atoms with van der Waals surface area (Å²) in [4.78, 5) is 16.2. The third-order valence-corrected chi connectivity index (χ3v) is 3.43. The highest BCUT2D eigenvalue weighted by atomic mass is 35.5. The molecule has 0 N–H and O–H groups in total. The molecule has 2 aromatic rings. The predicted molar refractivity (Wildman–Crippen MR) is 83.8 cm³/mol. The largest absolute Gasteiger partial charge is 0.421 e. The van der Waals surface area contributed by atoms with E-state index >= 15 is 0 Å². The smallest absolute Gasteiger partial charge is 0.362 e. The normalized spacial score (nSPS) is 16.0. The number of halogens is 1. The minimum atomic E-state index is -0.467. The Morgan fingerprint density at radius 2 is 1.76 bits per heavy atom. The van der Waals surface area contributed by atoms with E-state index in [2.05, 4.69) is 4.99 Å². The standard InChI is InChI=1S/C17H12ClNO2/c1-11-6-8-12(9-7-11)16-10-15(17(20)21-16)19-14-5-3-2-4-13(14)18/h2-10H,1H3. The van der Waals surface area contributed by atoms with E-state index in [-0.39, 0.29) is 5.71 Å². The highest BCUT2D eigenvalue weighted by molar-refractivity contribution is 6.46. The quantitative estimate of drug-likeness (QED) is 0.774. The molecule has 0 atom stereocenters. The van der Waals surface area contributed by atoms with Crippen molar-refractivity contribution in [1.82, 2.24) is 0 Å². The van der Waals surface area contributed by atoms with Crippen molar-refractivity contribution in [3.8, 4) is 0 Å². The summed E-state index contributed by atoms with van der Waals surface area (Å²) in [6, 6.07) is 14.9. The maximum absolute atomic E-state index is 11.9. The first-order chi connectivity index (χ1) is 10.1. The van der Waals surface area contributed by atoms with Gasteiger partial charge in [-0.1, -0.05) is 53.6 Å². The van der Waals surface area contributed by atoms with Crippen LogP contribution in [0.3, 0.4) is 0 Å². The lowest BCUT2D eigenvalue weighted by Crippen LogP contribution is -2.06. The number of esters is 1. The zero-order valence-electron chi connectivity index (χ0n) is 11.3. The zero-order chi connectivity index (χ0) is 14.8. The lowest BCUT2D eigenvalue weighted by molar-refractivity contribution is -0.128. The molecular formula is C17H12ClNO2. The lowest BCUT2D eigenvalue weighted by Gasteiger charge is -2.01. The second-order valence-electron chi connectivity index (χ2n) is 4.71. The molecule has 0 spiro atoms. The van der Waals surface area contributed by atoms with Crippen LogP contribution >= 0.6 is 11.6 Å². The Balaban J connectivity index is 1.96. The number of hydrogen-bond acceptors (Lipinski definition) is 3. The molecule has 3 rings (SSSR count). The second-order valence-corrected chi connectivity index (χ2v) is 5.12. The van der Waals surface area contributed by atoms with Gasteiger partial charge in [-0.3, -0.25) is 0 Å². The van der Waals surface area contributed by atoms with Gasteiger partial charge >= 0.3 is 5.97 Å². The van der Waals surface area contributed by atoms with Gasteiger partial charge in [0.1, 0.15) is 5.76 Å². The number of cyclic esters (lactones) is 1. The van der Waals surface area contributed by atoms with Gasteiger partial charge < -0.3 is 4.74 Å². The molecular weight excluding hydrogens is 286 g/mol. The van der Waals surface area contributed by atoms with Crippen molar-refractivity contribution in [1.29, 1.82) is 0 Å². The lowest BCUT2D eigenvalue weighted by atomic mass is 10.1. The first-order valence-corrected chi connectivity index (χ1v) is 6.85. The van der Waals surface area contributed by atoms with Crippen LogP contribution in [0.1, 0.15) is 11.1 Å². The molecule has 0 amide bonds. The number of carbonyl (C=O) groups excluding carboxylic acids is 1. The summed E-state index contributed by atoms with van der Waals surface area (Å²) in [5, 5.41) is 0.495. The molecule has 1 aliphatic rings. The van der Waals surface area contributed by atoms with Crippen LogP contribution in [0.2, 0.25) is 5.02 Å². The topological polar surface area (TPSA) is 38.7 Å². The monoisotopic (exact) mass is 297 g/mol. The molecule has 4 heteroatoms. The fraction of sp³-hybridized carbons (Fsp3) is 0.0588. The summed E-state index contributed by atoms with van der Waals surface area (Å²) >= 11 is 6.04. The molecule has 0 fully saturated rings. The molecule has 2 aromatic carbocycles. The summed E-state index contributed by atoms with van der Waals surface area (Å²) in [5.74, 6) is 0.0382. The Hall–Kier alpha value is -2.39. The zero-order valence-corrected chi connectivity index (χ0v) is 12.1. The highest BCUT2D eigenvalue weighted by Crippen LogP contribution is 2.27. The first kappa shape index (κ1) is 13.6. The Morgan fingerprint density at radius 1 is 1.05 bits per heavy atom. The summed E-state index contributed by atoms with van der Waals surface area (Å²) in [6.45, 7) is 2.00. The van der Waals surface area contributed by atoms with Crippen molar-refractivity contribution < 1.29 is 9.53 Å². The number of rotatable bonds is 2. The van der Waals surface area contributed by atoms with E-state index in [1.807, 2.05) is 43.3 Å². The molecule has 0 radical (unpaired) electrons. The van der Waals surface area contributed by atoms with Gasteiger partial charge in [-0.2, -0.15) is 0 Å². The molecule has 0 saturated heterocycles. The molecule has 104 valence electrons.